The van der Waals surface area contributed by atoms with E-state index in [4.69, 9.17) is 16.3 Å². The Morgan fingerprint density at radius 1 is 1.05 bits per heavy atom. The summed E-state index contributed by atoms with van der Waals surface area (Å²) in [5.74, 6) is 0.870. The molecule has 0 aliphatic heterocycles. The van der Waals surface area contributed by atoms with E-state index in [2.05, 4.69) is 38.1 Å². The molecule has 1 unspecified atom stereocenters. The first kappa shape index (κ1) is 14.0. The average Bonchev–Trinajstić information content (AvgIpc) is 2.40. The first-order valence-corrected chi connectivity index (χ1v) is 6.99. The van der Waals surface area contributed by atoms with Crippen LogP contribution in [0.3, 0.4) is 0 Å². The van der Waals surface area contributed by atoms with E-state index in [1.165, 1.54) is 11.1 Å². The van der Waals surface area contributed by atoms with Crippen LogP contribution in [0.25, 0.3) is 0 Å². The fourth-order valence-corrected chi connectivity index (χ4v) is 2.47. The third-order valence-electron chi connectivity index (χ3n) is 3.07. The van der Waals surface area contributed by atoms with Crippen LogP contribution in [0.1, 0.15) is 34.6 Å². The number of ether oxygens (including phenoxy) is 1. The van der Waals surface area contributed by atoms with E-state index in [0.29, 0.717) is 6.61 Å². The van der Waals surface area contributed by atoms with Crippen LogP contribution in [0, 0.1) is 13.8 Å². The highest BCUT2D eigenvalue weighted by Gasteiger charge is 2.16. The number of aryl methyl sites for hydroxylation is 2. The fourth-order valence-electron chi connectivity index (χ4n) is 2.16. The topological polar surface area (TPSA) is 9.23 Å². The Morgan fingerprint density at radius 2 is 1.79 bits per heavy atom. The van der Waals surface area contributed by atoms with Crippen molar-refractivity contribution in [3.63, 3.8) is 0 Å². The molecule has 0 spiro atoms. The van der Waals surface area contributed by atoms with Crippen molar-refractivity contribution in [2.75, 3.05) is 6.61 Å². The number of alkyl halides is 1. The van der Waals surface area contributed by atoms with Crippen LogP contribution in [0.15, 0.2) is 42.5 Å². The minimum Gasteiger partial charge on any atom is -0.494 e. The van der Waals surface area contributed by atoms with Gasteiger partial charge in [-0.1, -0.05) is 47.5 Å². The van der Waals surface area contributed by atoms with Crippen LogP contribution in [-0.4, -0.2) is 6.61 Å². The molecule has 100 valence electrons. The summed E-state index contributed by atoms with van der Waals surface area (Å²) in [6, 6.07) is 14.4. The molecule has 0 aliphatic carbocycles. The molecule has 2 aromatic carbocycles. The molecule has 0 saturated carbocycles. The Balaban J connectivity index is 2.42. The summed E-state index contributed by atoms with van der Waals surface area (Å²) in [6.45, 7) is 6.78. The van der Waals surface area contributed by atoms with Gasteiger partial charge in [0.2, 0.25) is 0 Å². The lowest BCUT2D eigenvalue weighted by Crippen LogP contribution is -2.01. The first-order chi connectivity index (χ1) is 9.11. The van der Waals surface area contributed by atoms with Gasteiger partial charge in [0.25, 0.3) is 0 Å². The van der Waals surface area contributed by atoms with Gasteiger partial charge in [0, 0.05) is 5.56 Å². The molecule has 1 atom stereocenters. The maximum Gasteiger partial charge on any atom is 0.124 e. The van der Waals surface area contributed by atoms with Crippen molar-refractivity contribution in [1.82, 2.24) is 0 Å². The fraction of sp³-hybridized carbons (Fsp3) is 0.294. The number of rotatable bonds is 4. The Labute approximate surface area is 120 Å². The number of halogens is 1. The van der Waals surface area contributed by atoms with Gasteiger partial charge in [-0.2, -0.15) is 0 Å². The van der Waals surface area contributed by atoms with Gasteiger partial charge in [0.05, 0.1) is 12.0 Å². The Bertz CT molecular complexity index is 563. The maximum absolute atomic E-state index is 6.64. The third kappa shape index (κ3) is 3.30. The van der Waals surface area contributed by atoms with Crippen molar-refractivity contribution in [3.8, 4) is 5.75 Å². The van der Waals surface area contributed by atoms with E-state index in [1.54, 1.807) is 0 Å². The van der Waals surface area contributed by atoms with Gasteiger partial charge in [-0.25, -0.2) is 0 Å². The van der Waals surface area contributed by atoms with Gasteiger partial charge in [0.15, 0.2) is 0 Å². The van der Waals surface area contributed by atoms with Gasteiger partial charge in [-0.15, -0.1) is 11.6 Å². The summed E-state index contributed by atoms with van der Waals surface area (Å²) in [5.41, 5.74) is 4.55. The molecule has 0 amide bonds. The Kier molecular flexibility index (Phi) is 4.49. The molecule has 2 aromatic rings. The van der Waals surface area contributed by atoms with Crippen LogP contribution in [-0.2, 0) is 0 Å². The standard InChI is InChI=1S/C17H19ClO/c1-4-19-16-9-8-13(3)11-15(16)17(18)14-7-5-6-12(2)10-14/h5-11,17H,4H2,1-3H3. The number of hydrogen-bond acceptors (Lipinski definition) is 1. The molecule has 0 heterocycles. The molecule has 0 aliphatic rings. The predicted molar refractivity (Wildman–Crippen MR) is 81.2 cm³/mol. The highest BCUT2D eigenvalue weighted by atomic mass is 35.5. The zero-order valence-corrected chi connectivity index (χ0v) is 12.4. The highest BCUT2D eigenvalue weighted by molar-refractivity contribution is 6.22. The highest BCUT2D eigenvalue weighted by Crippen LogP contribution is 2.36. The quantitative estimate of drug-likeness (QED) is 0.711. The lowest BCUT2D eigenvalue weighted by molar-refractivity contribution is 0.337. The zero-order chi connectivity index (χ0) is 13.8. The molecule has 0 fully saturated rings. The summed E-state index contributed by atoms with van der Waals surface area (Å²) in [7, 11) is 0. The molecule has 2 rings (SSSR count). The lowest BCUT2D eigenvalue weighted by atomic mass is 10.0. The molecule has 19 heavy (non-hydrogen) atoms. The summed E-state index contributed by atoms with van der Waals surface area (Å²) >= 11 is 6.64. The van der Waals surface area contributed by atoms with Crippen molar-refractivity contribution >= 4 is 11.6 Å². The van der Waals surface area contributed by atoms with Crippen LogP contribution in [0.5, 0.6) is 5.75 Å². The third-order valence-corrected chi connectivity index (χ3v) is 3.56. The van der Waals surface area contributed by atoms with Crippen molar-refractivity contribution in [3.05, 3.63) is 64.7 Å². The van der Waals surface area contributed by atoms with Gasteiger partial charge >= 0.3 is 0 Å². The van der Waals surface area contributed by atoms with Crippen LogP contribution >= 0.6 is 11.6 Å². The zero-order valence-electron chi connectivity index (χ0n) is 11.6. The van der Waals surface area contributed by atoms with Crippen LogP contribution in [0.4, 0.5) is 0 Å². The van der Waals surface area contributed by atoms with E-state index in [0.717, 1.165) is 16.9 Å². The van der Waals surface area contributed by atoms with Gasteiger partial charge < -0.3 is 4.74 Å². The molecule has 0 saturated heterocycles. The van der Waals surface area contributed by atoms with E-state index in [9.17, 15) is 0 Å². The number of hydrogen-bond donors (Lipinski definition) is 0. The Hall–Kier alpha value is -1.47. The van der Waals surface area contributed by atoms with E-state index in [-0.39, 0.29) is 5.38 Å². The second-order valence-corrected chi connectivity index (χ2v) is 5.19. The maximum atomic E-state index is 6.64. The molecule has 0 N–H and O–H groups in total. The molecule has 0 aromatic heterocycles. The van der Waals surface area contributed by atoms with Crippen molar-refractivity contribution in [1.29, 1.82) is 0 Å². The minimum atomic E-state index is -0.179. The monoisotopic (exact) mass is 274 g/mol. The minimum absolute atomic E-state index is 0.179. The molecule has 1 nitrogen and oxygen atoms in total. The van der Waals surface area contributed by atoms with Gasteiger partial charge in [0.1, 0.15) is 5.75 Å². The summed E-state index contributed by atoms with van der Waals surface area (Å²) in [6.07, 6.45) is 0. The van der Waals surface area contributed by atoms with Gasteiger partial charge in [-0.05, 0) is 32.4 Å². The first-order valence-electron chi connectivity index (χ1n) is 6.55. The summed E-state index contributed by atoms with van der Waals surface area (Å²) < 4.78 is 5.68. The van der Waals surface area contributed by atoms with Gasteiger partial charge in [-0.3, -0.25) is 0 Å². The van der Waals surface area contributed by atoms with E-state index < -0.39 is 0 Å². The van der Waals surface area contributed by atoms with Crippen molar-refractivity contribution in [2.45, 2.75) is 26.1 Å². The summed E-state index contributed by atoms with van der Waals surface area (Å²) in [4.78, 5) is 0. The second-order valence-electron chi connectivity index (χ2n) is 4.75. The molecular formula is C17H19ClO. The Morgan fingerprint density at radius 3 is 2.47 bits per heavy atom. The molecular weight excluding hydrogens is 256 g/mol. The van der Waals surface area contributed by atoms with Crippen molar-refractivity contribution < 1.29 is 4.74 Å². The molecule has 0 radical (unpaired) electrons. The van der Waals surface area contributed by atoms with Crippen molar-refractivity contribution in [2.24, 2.45) is 0 Å². The molecule has 0 bridgehead atoms. The second kappa shape index (κ2) is 6.12. The number of benzene rings is 2. The van der Waals surface area contributed by atoms with Crippen LogP contribution < -0.4 is 4.74 Å². The van der Waals surface area contributed by atoms with E-state index >= 15 is 0 Å². The van der Waals surface area contributed by atoms with Crippen LogP contribution in [0.2, 0.25) is 0 Å². The smallest absolute Gasteiger partial charge is 0.124 e. The molecule has 2 heteroatoms. The average molecular weight is 275 g/mol. The normalized spacial score (nSPS) is 12.2. The van der Waals surface area contributed by atoms with E-state index in [1.807, 2.05) is 25.1 Å². The largest absolute Gasteiger partial charge is 0.494 e. The lowest BCUT2D eigenvalue weighted by Gasteiger charge is -2.16. The predicted octanol–water partition coefficient (Wildman–Crippen LogP) is 5.03. The summed E-state index contributed by atoms with van der Waals surface area (Å²) in [5, 5.41) is -0.179. The SMILES string of the molecule is CCOc1ccc(C)cc1C(Cl)c1cccc(C)c1.